The van der Waals surface area contributed by atoms with Crippen molar-refractivity contribution < 1.29 is 27.5 Å². The maximum atomic E-state index is 13.9. The van der Waals surface area contributed by atoms with E-state index in [1.165, 1.54) is 19.1 Å². The van der Waals surface area contributed by atoms with E-state index in [4.69, 9.17) is 0 Å². The summed E-state index contributed by atoms with van der Waals surface area (Å²) < 4.78 is 46.2. The first-order chi connectivity index (χ1) is 12.1. The lowest BCUT2D eigenvalue weighted by Gasteiger charge is -2.35. The second-order valence-corrected chi connectivity index (χ2v) is 6.17. The zero-order valence-corrected chi connectivity index (χ0v) is 15.4. The van der Waals surface area contributed by atoms with Crippen molar-refractivity contribution in [3.05, 3.63) is 29.8 Å². The Balaban J connectivity index is 3.31. The minimum absolute atomic E-state index is 0.0385. The molecule has 0 heterocycles. The number of alkyl halides is 3. The van der Waals surface area contributed by atoms with Gasteiger partial charge in [-0.25, -0.2) is 4.79 Å². The first-order valence-corrected chi connectivity index (χ1v) is 8.50. The van der Waals surface area contributed by atoms with E-state index in [1.54, 1.807) is 24.4 Å². The van der Waals surface area contributed by atoms with Crippen LogP contribution in [0.15, 0.2) is 24.3 Å². The Hall–Kier alpha value is -2.25. The van der Waals surface area contributed by atoms with Gasteiger partial charge in [0.2, 0.25) is 5.91 Å². The Morgan fingerprint density at radius 2 is 1.69 bits per heavy atom. The number of carbonyl (C=O) groups excluding carboxylic acids is 2. The van der Waals surface area contributed by atoms with Gasteiger partial charge in [-0.2, -0.15) is 13.2 Å². The first-order valence-electron chi connectivity index (χ1n) is 8.50. The van der Waals surface area contributed by atoms with Gasteiger partial charge in [0.1, 0.15) is 0 Å². The van der Waals surface area contributed by atoms with E-state index in [-0.39, 0.29) is 24.6 Å². The summed E-state index contributed by atoms with van der Waals surface area (Å²) in [6, 6.07) is 6.18. The predicted octanol–water partition coefficient (Wildman–Crippen LogP) is 3.96. The van der Waals surface area contributed by atoms with E-state index in [0.29, 0.717) is 6.42 Å². The minimum Gasteiger partial charge on any atom is -0.463 e. The third kappa shape index (κ3) is 5.12. The van der Waals surface area contributed by atoms with Gasteiger partial charge in [0.05, 0.1) is 6.61 Å². The number of anilines is 1. The number of rotatable bonds is 8. The van der Waals surface area contributed by atoms with E-state index in [0.717, 1.165) is 5.56 Å². The molecule has 8 heteroatoms. The average molecular weight is 374 g/mol. The van der Waals surface area contributed by atoms with Gasteiger partial charge in [-0.1, -0.05) is 32.9 Å². The second kappa shape index (κ2) is 8.91. The van der Waals surface area contributed by atoms with Crippen LogP contribution < -0.4 is 10.6 Å². The quantitative estimate of drug-likeness (QED) is 0.534. The monoisotopic (exact) mass is 374 g/mol. The van der Waals surface area contributed by atoms with Gasteiger partial charge in [-0.3, -0.25) is 4.79 Å². The molecule has 0 fully saturated rings. The number of amides is 1. The van der Waals surface area contributed by atoms with Crippen LogP contribution in [0.25, 0.3) is 0 Å². The van der Waals surface area contributed by atoms with Gasteiger partial charge < -0.3 is 15.4 Å². The number of hydrogen-bond acceptors (Lipinski definition) is 4. The highest BCUT2D eigenvalue weighted by atomic mass is 19.4. The molecule has 2 N–H and O–H groups in total. The Bertz CT molecular complexity index is 615. The molecule has 0 aromatic heterocycles. The molecule has 26 heavy (non-hydrogen) atoms. The first kappa shape index (κ1) is 21.8. The van der Waals surface area contributed by atoms with Crippen LogP contribution >= 0.6 is 0 Å². The van der Waals surface area contributed by atoms with Gasteiger partial charge in [0.25, 0.3) is 0 Å². The topological polar surface area (TPSA) is 67.4 Å². The predicted molar refractivity (Wildman–Crippen MR) is 92.6 cm³/mol. The third-order valence-corrected chi connectivity index (χ3v) is 3.72. The maximum Gasteiger partial charge on any atom is 0.441 e. The van der Waals surface area contributed by atoms with Crippen molar-refractivity contribution >= 4 is 17.6 Å². The summed E-state index contributed by atoms with van der Waals surface area (Å²) in [7, 11) is 0. The average Bonchev–Trinajstić information content (AvgIpc) is 2.54. The molecule has 0 aliphatic heterocycles. The molecule has 1 aromatic rings. The zero-order chi connectivity index (χ0) is 20.0. The number of nitrogens with one attached hydrogen (secondary N) is 2. The summed E-state index contributed by atoms with van der Waals surface area (Å²) in [6.45, 7) is 6.69. The molecule has 0 radical (unpaired) electrons. The standard InChI is InChI=1S/C18H25F3N2O3/c1-5-7-15(24)23-17(18(19,20)21,16(25)26-6-2)22-14-10-8-13(9-11-14)12(3)4/h8-12,22H,5-7H2,1-4H3,(H,23,24). The summed E-state index contributed by atoms with van der Waals surface area (Å²) >= 11 is 0. The molecule has 0 spiro atoms. The lowest BCUT2D eigenvalue weighted by atomic mass is 10.0. The molecule has 0 aliphatic carbocycles. The molecule has 0 bridgehead atoms. The number of esters is 1. The van der Waals surface area contributed by atoms with Crippen molar-refractivity contribution in [2.45, 2.75) is 58.3 Å². The molecule has 1 aromatic carbocycles. The zero-order valence-electron chi connectivity index (χ0n) is 15.4. The molecule has 5 nitrogen and oxygen atoms in total. The fourth-order valence-corrected chi connectivity index (χ4v) is 2.30. The SMILES string of the molecule is CCCC(=O)NC(Nc1ccc(C(C)C)cc1)(C(=O)OCC)C(F)(F)F. The third-order valence-electron chi connectivity index (χ3n) is 3.72. The molecular weight excluding hydrogens is 349 g/mol. The van der Waals surface area contributed by atoms with Crippen LogP contribution in [-0.2, 0) is 14.3 Å². The van der Waals surface area contributed by atoms with Crippen LogP contribution in [0.3, 0.4) is 0 Å². The van der Waals surface area contributed by atoms with Crippen molar-refractivity contribution in [3.8, 4) is 0 Å². The van der Waals surface area contributed by atoms with E-state index in [2.05, 4.69) is 10.1 Å². The smallest absolute Gasteiger partial charge is 0.441 e. The Labute approximate surface area is 151 Å². The van der Waals surface area contributed by atoms with Crippen molar-refractivity contribution in [2.75, 3.05) is 11.9 Å². The van der Waals surface area contributed by atoms with Crippen LogP contribution in [0.5, 0.6) is 0 Å². The van der Waals surface area contributed by atoms with Crippen molar-refractivity contribution in [3.63, 3.8) is 0 Å². The lowest BCUT2D eigenvalue weighted by Crippen LogP contribution is -2.69. The molecule has 0 aliphatic rings. The summed E-state index contributed by atoms with van der Waals surface area (Å²) in [4.78, 5) is 24.1. The largest absolute Gasteiger partial charge is 0.463 e. The highest BCUT2D eigenvalue weighted by Crippen LogP contribution is 2.33. The highest BCUT2D eigenvalue weighted by molar-refractivity contribution is 5.91. The van der Waals surface area contributed by atoms with Crippen molar-refractivity contribution in [1.29, 1.82) is 0 Å². The Kier molecular flexibility index (Phi) is 7.47. The fraction of sp³-hybridized carbons (Fsp3) is 0.556. The summed E-state index contributed by atoms with van der Waals surface area (Å²) in [5.41, 5.74) is -2.38. The van der Waals surface area contributed by atoms with Crippen LogP contribution in [0.2, 0.25) is 0 Å². The molecule has 1 amide bonds. The molecule has 1 atom stereocenters. The molecular formula is C18H25F3N2O3. The number of hydrogen-bond donors (Lipinski definition) is 2. The van der Waals surface area contributed by atoms with E-state index >= 15 is 0 Å². The molecule has 146 valence electrons. The molecule has 1 rings (SSSR count). The number of halogens is 3. The fourth-order valence-electron chi connectivity index (χ4n) is 2.30. The molecule has 0 saturated heterocycles. The lowest BCUT2D eigenvalue weighted by molar-refractivity contribution is -0.207. The normalized spacial score (nSPS) is 13.8. The van der Waals surface area contributed by atoms with Crippen LogP contribution in [0, 0.1) is 0 Å². The van der Waals surface area contributed by atoms with Gasteiger partial charge in [-0.15, -0.1) is 0 Å². The number of carbonyl (C=O) groups is 2. The van der Waals surface area contributed by atoms with Gasteiger partial charge in [0, 0.05) is 12.1 Å². The highest BCUT2D eigenvalue weighted by Gasteiger charge is 2.63. The van der Waals surface area contributed by atoms with Crippen molar-refractivity contribution in [1.82, 2.24) is 5.32 Å². The van der Waals surface area contributed by atoms with E-state index in [9.17, 15) is 22.8 Å². The number of ether oxygens (including phenoxy) is 1. The number of benzene rings is 1. The molecule has 1 unspecified atom stereocenters. The summed E-state index contributed by atoms with van der Waals surface area (Å²) in [6.07, 6.45) is -4.92. The Morgan fingerprint density at radius 1 is 1.12 bits per heavy atom. The van der Waals surface area contributed by atoms with Crippen molar-refractivity contribution in [2.24, 2.45) is 0 Å². The van der Waals surface area contributed by atoms with Gasteiger partial charge in [0.15, 0.2) is 0 Å². The van der Waals surface area contributed by atoms with E-state index in [1.807, 2.05) is 13.8 Å². The van der Waals surface area contributed by atoms with Crippen LogP contribution in [-0.4, -0.2) is 30.3 Å². The van der Waals surface area contributed by atoms with Gasteiger partial charge in [-0.05, 0) is 37.0 Å². The summed E-state index contributed by atoms with van der Waals surface area (Å²) in [5.74, 6) is -2.31. The van der Waals surface area contributed by atoms with Gasteiger partial charge >= 0.3 is 17.8 Å². The van der Waals surface area contributed by atoms with Crippen LogP contribution in [0.1, 0.15) is 52.0 Å². The summed E-state index contributed by atoms with van der Waals surface area (Å²) in [5, 5.41) is 3.93. The second-order valence-electron chi connectivity index (χ2n) is 6.17. The minimum atomic E-state index is -5.11. The Morgan fingerprint density at radius 3 is 2.12 bits per heavy atom. The van der Waals surface area contributed by atoms with Crippen LogP contribution in [0.4, 0.5) is 18.9 Å². The van der Waals surface area contributed by atoms with E-state index < -0.39 is 23.7 Å². The maximum absolute atomic E-state index is 13.9. The molecule has 0 saturated carbocycles.